The number of ether oxygens (including phenoxy) is 7. The van der Waals surface area contributed by atoms with Crippen molar-refractivity contribution >= 4 is 5.97 Å². The highest BCUT2D eigenvalue weighted by molar-refractivity contribution is 5.95. The van der Waals surface area contributed by atoms with Crippen LogP contribution in [0, 0.1) is 0 Å². The van der Waals surface area contributed by atoms with Crippen molar-refractivity contribution in [2.75, 3.05) is 35.5 Å². The summed E-state index contributed by atoms with van der Waals surface area (Å²) in [6.45, 7) is 0. The van der Waals surface area contributed by atoms with Crippen LogP contribution in [0.3, 0.4) is 0 Å². The molecule has 0 radical (unpaired) electrons. The number of benzene rings is 1. The van der Waals surface area contributed by atoms with E-state index in [-0.39, 0.29) is 52.6 Å². The Balaban J connectivity index is 2.03. The second-order valence-electron chi connectivity index (χ2n) is 5.80. The molecule has 2 aromatic heterocycles. The van der Waals surface area contributed by atoms with Crippen molar-refractivity contribution in [1.82, 2.24) is 19.9 Å². The lowest BCUT2D eigenvalue weighted by molar-refractivity contribution is 0.0595. The molecular weight excluding hydrogens is 424 g/mol. The van der Waals surface area contributed by atoms with E-state index in [0.29, 0.717) is 0 Å². The summed E-state index contributed by atoms with van der Waals surface area (Å²) in [6, 6.07) is 7.60. The van der Waals surface area contributed by atoms with Gasteiger partial charge in [0, 0.05) is 0 Å². The second-order valence-corrected chi connectivity index (χ2v) is 5.80. The zero-order chi connectivity index (χ0) is 23.1. The molecule has 0 amide bonds. The van der Waals surface area contributed by atoms with Gasteiger partial charge in [0.25, 0.3) is 0 Å². The highest BCUT2D eigenvalue weighted by Gasteiger charge is 2.22. The molecule has 1 aromatic carbocycles. The molecule has 3 rings (SSSR count). The van der Waals surface area contributed by atoms with Gasteiger partial charge in [0.05, 0.1) is 47.7 Å². The van der Waals surface area contributed by atoms with Crippen molar-refractivity contribution in [3.63, 3.8) is 0 Å². The van der Waals surface area contributed by atoms with Crippen LogP contribution in [0.4, 0.5) is 0 Å². The van der Waals surface area contributed by atoms with E-state index < -0.39 is 5.97 Å². The summed E-state index contributed by atoms with van der Waals surface area (Å²) in [5, 5.41) is 0. The van der Waals surface area contributed by atoms with E-state index in [1.807, 2.05) is 0 Å². The molecule has 0 aliphatic rings. The Hall–Kier alpha value is -4.35. The third-order valence-electron chi connectivity index (χ3n) is 3.91. The quantitative estimate of drug-likeness (QED) is 0.449. The Bertz CT molecular complexity index is 989. The molecule has 2 heterocycles. The zero-order valence-electron chi connectivity index (χ0n) is 17.9. The number of carbonyl (C=O) groups excluding carboxylic acids is 1. The zero-order valence-corrected chi connectivity index (χ0v) is 17.9. The van der Waals surface area contributed by atoms with Crippen molar-refractivity contribution in [2.24, 2.45) is 0 Å². The largest absolute Gasteiger partial charge is 0.481 e. The van der Waals surface area contributed by atoms with E-state index in [9.17, 15) is 4.79 Å². The van der Waals surface area contributed by atoms with Crippen LogP contribution in [-0.4, -0.2) is 61.5 Å². The van der Waals surface area contributed by atoms with Gasteiger partial charge in [-0.15, -0.1) is 0 Å². The second kappa shape index (κ2) is 10.1. The molecule has 12 heteroatoms. The Morgan fingerprint density at radius 1 is 0.656 bits per heavy atom. The number of methoxy groups -OCH3 is 5. The minimum absolute atomic E-state index is 0.0110. The summed E-state index contributed by atoms with van der Waals surface area (Å²) < 4.78 is 36.9. The Morgan fingerprint density at radius 2 is 1.09 bits per heavy atom. The molecule has 32 heavy (non-hydrogen) atoms. The topological polar surface area (TPSA) is 133 Å². The molecule has 12 nitrogen and oxygen atoms in total. The monoisotopic (exact) mass is 444 g/mol. The normalized spacial score (nSPS) is 10.2. The van der Waals surface area contributed by atoms with Gasteiger partial charge >= 0.3 is 18.0 Å². The lowest BCUT2D eigenvalue weighted by Gasteiger charge is -2.14. The van der Waals surface area contributed by atoms with Crippen molar-refractivity contribution in [1.29, 1.82) is 0 Å². The molecule has 3 aromatic rings. The van der Waals surface area contributed by atoms with E-state index in [0.717, 1.165) is 0 Å². The fraction of sp³-hybridized carbons (Fsp3) is 0.250. The molecule has 0 saturated carbocycles. The van der Waals surface area contributed by atoms with E-state index in [4.69, 9.17) is 33.2 Å². The average Bonchev–Trinajstić information content (AvgIpc) is 2.83. The van der Waals surface area contributed by atoms with Crippen LogP contribution in [-0.2, 0) is 4.74 Å². The van der Waals surface area contributed by atoms with Gasteiger partial charge in [0.2, 0.25) is 23.5 Å². The molecular formula is C20H20N4O8. The molecule has 0 unspecified atom stereocenters. The summed E-state index contributed by atoms with van der Waals surface area (Å²) in [5.41, 5.74) is -0.0110. The maximum atomic E-state index is 12.6. The number of carbonyl (C=O) groups is 1. The number of nitrogens with zero attached hydrogens (tertiary/aromatic N) is 4. The summed E-state index contributed by atoms with van der Waals surface area (Å²) in [7, 11) is 6.90. The minimum Gasteiger partial charge on any atom is -0.481 e. The summed E-state index contributed by atoms with van der Waals surface area (Å²) >= 11 is 0. The third kappa shape index (κ3) is 5.03. The van der Waals surface area contributed by atoms with Crippen LogP contribution in [0.15, 0.2) is 30.3 Å². The van der Waals surface area contributed by atoms with Gasteiger partial charge in [-0.3, -0.25) is 0 Å². The molecule has 0 N–H and O–H groups in total. The highest BCUT2D eigenvalue weighted by Crippen LogP contribution is 2.36. The number of rotatable bonds is 9. The van der Waals surface area contributed by atoms with Crippen LogP contribution in [0.5, 0.6) is 47.0 Å². The summed E-state index contributed by atoms with van der Waals surface area (Å²) in [6.07, 6.45) is 0. The van der Waals surface area contributed by atoms with E-state index >= 15 is 0 Å². The predicted molar refractivity (Wildman–Crippen MR) is 108 cm³/mol. The van der Waals surface area contributed by atoms with Crippen molar-refractivity contribution in [2.45, 2.75) is 0 Å². The number of hydrogen-bond donors (Lipinski definition) is 0. The standard InChI is InChI=1S/C20H20N4O8/c1-26-13-9-15(23-19(21-13)29-4)31-11-7-6-8-12(17(11)18(25)28-3)32-16-10-14(27-2)22-20(24-16)30-5/h6-10H,1-5H3. The summed E-state index contributed by atoms with van der Waals surface area (Å²) in [4.78, 5) is 28.8. The Labute approximate surface area is 183 Å². The van der Waals surface area contributed by atoms with Crippen molar-refractivity contribution in [3.05, 3.63) is 35.9 Å². The van der Waals surface area contributed by atoms with Crippen LogP contribution in [0.25, 0.3) is 0 Å². The first kappa shape index (κ1) is 22.3. The van der Waals surface area contributed by atoms with Gasteiger partial charge in [0.15, 0.2) is 0 Å². The van der Waals surface area contributed by atoms with Gasteiger partial charge in [0.1, 0.15) is 17.1 Å². The average molecular weight is 444 g/mol. The lowest BCUT2D eigenvalue weighted by Crippen LogP contribution is -2.07. The smallest absolute Gasteiger partial charge is 0.345 e. The minimum atomic E-state index is -0.712. The number of esters is 1. The van der Waals surface area contributed by atoms with Crippen LogP contribution in [0.1, 0.15) is 10.4 Å². The number of aromatic nitrogens is 4. The predicted octanol–water partition coefficient (Wildman–Crippen LogP) is 2.67. The number of hydrogen-bond acceptors (Lipinski definition) is 12. The maximum absolute atomic E-state index is 12.6. The highest BCUT2D eigenvalue weighted by atomic mass is 16.5. The first-order chi connectivity index (χ1) is 15.5. The van der Waals surface area contributed by atoms with Gasteiger partial charge in [-0.05, 0) is 12.1 Å². The fourth-order valence-corrected chi connectivity index (χ4v) is 2.47. The van der Waals surface area contributed by atoms with Gasteiger partial charge in [-0.1, -0.05) is 6.07 Å². The third-order valence-corrected chi connectivity index (χ3v) is 3.91. The van der Waals surface area contributed by atoms with E-state index in [1.165, 1.54) is 47.7 Å². The SMILES string of the molecule is COC(=O)c1c(Oc2cc(OC)nc(OC)n2)cccc1Oc1cc(OC)nc(OC)n1. The Kier molecular flexibility index (Phi) is 7.06. The molecule has 0 spiro atoms. The maximum Gasteiger partial charge on any atom is 0.345 e. The molecule has 0 aliphatic heterocycles. The molecule has 0 fully saturated rings. The molecule has 0 saturated heterocycles. The van der Waals surface area contributed by atoms with Crippen molar-refractivity contribution < 1.29 is 38.0 Å². The fourth-order valence-electron chi connectivity index (χ4n) is 2.47. The first-order valence-electron chi connectivity index (χ1n) is 9.02. The molecule has 0 atom stereocenters. The van der Waals surface area contributed by atoms with Gasteiger partial charge in [-0.25, -0.2) is 4.79 Å². The van der Waals surface area contributed by atoms with Crippen LogP contribution >= 0.6 is 0 Å². The van der Waals surface area contributed by atoms with E-state index in [1.54, 1.807) is 18.2 Å². The molecule has 168 valence electrons. The van der Waals surface area contributed by atoms with Gasteiger partial charge in [-0.2, -0.15) is 19.9 Å². The lowest BCUT2D eigenvalue weighted by atomic mass is 10.1. The van der Waals surface area contributed by atoms with Crippen LogP contribution in [0.2, 0.25) is 0 Å². The molecule has 0 bridgehead atoms. The van der Waals surface area contributed by atoms with Gasteiger partial charge < -0.3 is 33.2 Å². The van der Waals surface area contributed by atoms with Crippen LogP contribution < -0.4 is 28.4 Å². The Morgan fingerprint density at radius 3 is 1.47 bits per heavy atom. The van der Waals surface area contributed by atoms with E-state index in [2.05, 4.69) is 19.9 Å². The molecule has 0 aliphatic carbocycles. The summed E-state index contributed by atoms with van der Waals surface area (Å²) in [5.74, 6) is 0.0488. The van der Waals surface area contributed by atoms with Crippen molar-refractivity contribution in [3.8, 4) is 47.0 Å². The first-order valence-corrected chi connectivity index (χ1v) is 9.02.